The fraction of sp³-hybridized carbons (Fsp3) is 0.278. The van der Waals surface area contributed by atoms with Crippen LogP contribution < -0.4 is 10.2 Å². The molecule has 0 aliphatic carbocycles. The summed E-state index contributed by atoms with van der Waals surface area (Å²) in [4.78, 5) is 14.5. The number of rotatable bonds is 5. The van der Waals surface area contributed by atoms with Crippen molar-refractivity contribution in [3.63, 3.8) is 0 Å². The van der Waals surface area contributed by atoms with Crippen molar-refractivity contribution in [3.8, 4) is 0 Å². The fourth-order valence-electron chi connectivity index (χ4n) is 2.38. The molecule has 0 saturated carbocycles. The second-order valence-electron chi connectivity index (χ2n) is 4.94. The first-order valence-corrected chi connectivity index (χ1v) is 7.38. The lowest BCUT2D eigenvalue weighted by Crippen LogP contribution is -2.31. The molecule has 2 aromatic rings. The largest absolute Gasteiger partial charge is 0.385 e. The summed E-state index contributed by atoms with van der Waals surface area (Å²) in [7, 11) is 0. The summed E-state index contributed by atoms with van der Waals surface area (Å²) in [6, 6.07) is 15.6. The molecular formula is C18H22N2O. The van der Waals surface area contributed by atoms with Crippen LogP contribution in [-0.4, -0.2) is 19.0 Å². The highest BCUT2D eigenvalue weighted by molar-refractivity contribution is 6.06. The van der Waals surface area contributed by atoms with Crippen molar-refractivity contribution in [2.45, 2.75) is 20.8 Å². The van der Waals surface area contributed by atoms with Crippen LogP contribution in [0.1, 0.15) is 29.8 Å². The number of benzene rings is 2. The Bertz CT molecular complexity index is 605. The van der Waals surface area contributed by atoms with Crippen molar-refractivity contribution in [1.82, 2.24) is 0 Å². The predicted octanol–water partition coefficient (Wildman–Crippen LogP) is 4.09. The van der Waals surface area contributed by atoms with E-state index in [2.05, 4.69) is 12.2 Å². The molecule has 21 heavy (non-hydrogen) atoms. The standard InChI is InChI=1S/C18H22N2O/c1-4-19-16-12-10-15(11-13-16)18(21)20(5-2)17-9-7-6-8-14(17)3/h6-13,19H,4-5H2,1-3H3. The van der Waals surface area contributed by atoms with Crippen LogP contribution in [0.3, 0.4) is 0 Å². The summed E-state index contributed by atoms with van der Waals surface area (Å²) in [6.07, 6.45) is 0. The summed E-state index contributed by atoms with van der Waals surface area (Å²) in [5.74, 6) is 0.0369. The number of amides is 1. The molecule has 0 bridgehead atoms. The first-order chi connectivity index (χ1) is 10.2. The number of carbonyl (C=O) groups excluding carboxylic acids is 1. The van der Waals surface area contributed by atoms with Crippen molar-refractivity contribution < 1.29 is 4.79 Å². The van der Waals surface area contributed by atoms with Gasteiger partial charge in [-0.2, -0.15) is 0 Å². The minimum absolute atomic E-state index is 0.0369. The van der Waals surface area contributed by atoms with Crippen molar-refractivity contribution in [1.29, 1.82) is 0 Å². The Hall–Kier alpha value is -2.29. The minimum Gasteiger partial charge on any atom is -0.385 e. The summed E-state index contributed by atoms with van der Waals surface area (Å²) in [6.45, 7) is 7.60. The highest BCUT2D eigenvalue weighted by Gasteiger charge is 2.17. The second-order valence-corrected chi connectivity index (χ2v) is 4.94. The number of nitrogens with one attached hydrogen (secondary N) is 1. The number of hydrogen-bond acceptors (Lipinski definition) is 2. The lowest BCUT2D eigenvalue weighted by atomic mass is 10.1. The van der Waals surface area contributed by atoms with Crippen LogP contribution in [0, 0.1) is 6.92 Å². The monoisotopic (exact) mass is 282 g/mol. The smallest absolute Gasteiger partial charge is 0.258 e. The lowest BCUT2D eigenvalue weighted by molar-refractivity contribution is 0.0988. The van der Waals surface area contributed by atoms with E-state index >= 15 is 0 Å². The van der Waals surface area contributed by atoms with Crippen LogP contribution >= 0.6 is 0 Å². The second kappa shape index (κ2) is 6.93. The van der Waals surface area contributed by atoms with Crippen LogP contribution in [0.5, 0.6) is 0 Å². The Balaban J connectivity index is 2.26. The van der Waals surface area contributed by atoms with Gasteiger partial charge in [-0.05, 0) is 56.7 Å². The molecule has 1 amide bonds. The maximum atomic E-state index is 12.7. The highest BCUT2D eigenvalue weighted by Crippen LogP contribution is 2.22. The number of nitrogens with zero attached hydrogens (tertiary/aromatic N) is 1. The average Bonchev–Trinajstić information content (AvgIpc) is 2.51. The van der Waals surface area contributed by atoms with Gasteiger partial charge in [0, 0.05) is 30.0 Å². The maximum Gasteiger partial charge on any atom is 0.258 e. The number of aryl methyl sites for hydroxylation is 1. The molecule has 2 rings (SSSR count). The van der Waals surface area contributed by atoms with E-state index < -0.39 is 0 Å². The van der Waals surface area contributed by atoms with Crippen molar-refractivity contribution in [2.75, 3.05) is 23.3 Å². The van der Waals surface area contributed by atoms with Crippen molar-refractivity contribution in [3.05, 3.63) is 59.7 Å². The van der Waals surface area contributed by atoms with E-state index in [9.17, 15) is 4.79 Å². The van der Waals surface area contributed by atoms with Crippen LogP contribution in [0.2, 0.25) is 0 Å². The van der Waals surface area contributed by atoms with E-state index in [1.807, 2.05) is 67.3 Å². The van der Waals surface area contributed by atoms with Crippen molar-refractivity contribution in [2.24, 2.45) is 0 Å². The van der Waals surface area contributed by atoms with Crippen LogP contribution in [-0.2, 0) is 0 Å². The van der Waals surface area contributed by atoms with Crippen LogP contribution in [0.15, 0.2) is 48.5 Å². The molecular weight excluding hydrogens is 260 g/mol. The van der Waals surface area contributed by atoms with Crippen molar-refractivity contribution >= 4 is 17.3 Å². The molecule has 2 aromatic carbocycles. The molecule has 0 aliphatic heterocycles. The Morgan fingerprint density at radius 3 is 2.29 bits per heavy atom. The van der Waals surface area contributed by atoms with E-state index in [1.165, 1.54) is 0 Å². The van der Waals surface area contributed by atoms with Gasteiger partial charge in [-0.25, -0.2) is 0 Å². The van der Waals surface area contributed by atoms with Gasteiger partial charge < -0.3 is 10.2 Å². The highest BCUT2D eigenvalue weighted by atomic mass is 16.2. The maximum absolute atomic E-state index is 12.7. The molecule has 3 nitrogen and oxygen atoms in total. The number of para-hydroxylation sites is 1. The lowest BCUT2D eigenvalue weighted by Gasteiger charge is -2.23. The summed E-state index contributed by atoms with van der Waals surface area (Å²) in [5, 5.41) is 3.23. The molecule has 0 spiro atoms. The number of hydrogen-bond donors (Lipinski definition) is 1. The molecule has 0 aromatic heterocycles. The SMILES string of the molecule is CCNc1ccc(C(=O)N(CC)c2ccccc2C)cc1. The predicted molar refractivity (Wildman–Crippen MR) is 89.1 cm³/mol. The Morgan fingerprint density at radius 2 is 1.71 bits per heavy atom. The minimum atomic E-state index is 0.0369. The van der Waals surface area contributed by atoms with Crippen LogP contribution in [0.4, 0.5) is 11.4 Å². The quantitative estimate of drug-likeness (QED) is 0.895. The van der Waals surface area contributed by atoms with E-state index in [4.69, 9.17) is 0 Å². The third-order valence-electron chi connectivity index (χ3n) is 3.48. The molecule has 0 atom stereocenters. The average molecular weight is 282 g/mol. The summed E-state index contributed by atoms with van der Waals surface area (Å²) < 4.78 is 0. The molecule has 0 fully saturated rings. The van der Waals surface area contributed by atoms with Crippen LogP contribution in [0.25, 0.3) is 0 Å². The number of anilines is 2. The molecule has 3 heteroatoms. The third kappa shape index (κ3) is 3.43. The van der Waals surface area contributed by atoms with Gasteiger partial charge in [0.2, 0.25) is 0 Å². The first kappa shape index (κ1) is 15.1. The fourth-order valence-corrected chi connectivity index (χ4v) is 2.38. The van der Waals surface area contributed by atoms with E-state index in [1.54, 1.807) is 0 Å². The Kier molecular flexibility index (Phi) is 4.99. The van der Waals surface area contributed by atoms with Gasteiger partial charge in [0.05, 0.1) is 0 Å². The first-order valence-electron chi connectivity index (χ1n) is 7.38. The third-order valence-corrected chi connectivity index (χ3v) is 3.48. The van der Waals surface area contributed by atoms with E-state index in [0.29, 0.717) is 12.1 Å². The zero-order valence-corrected chi connectivity index (χ0v) is 12.9. The topological polar surface area (TPSA) is 32.3 Å². The number of carbonyl (C=O) groups is 1. The summed E-state index contributed by atoms with van der Waals surface area (Å²) in [5.41, 5.74) is 3.83. The molecule has 0 unspecified atom stereocenters. The molecule has 1 N–H and O–H groups in total. The van der Waals surface area contributed by atoms with Gasteiger partial charge in [0.15, 0.2) is 0 Å². The molecule has 0 saturated heterocycles. The Morgan fingerprint density at radius 1 is 1.05 bits per heavy atom. The van der Waals surface area contributed by atoms with E-state index in [0.717, 1.165) is 23.5 Å². The zero-order valence-electron chi connectivity index (χ0n) is 12.9. The Labute approximate surface area is 126 Å². The zero-order chi connectivity index (χ0) is 15.2. The van der Waals surface area contributed by atoms with Gasteiger partial charge in [-0.15, -0.1) is 0 Å². The van der Waals surface area contributed by atoms with Gasteiger partial charge >= 0.3 is 0 Å². The van der Waals surface area contributed by atoms with E-state index in [-0.39, 0.29) is 5.91 Å². The normalized spacial score (nSPS) is 10.2. The summed E-state index contributed by atoms with van der Waals surface area (Å²) >= 11 is 0. The molecule has 0 heterocycles. The molecule has 110 valence electrons. The van der Waals surface area contributed by atoms with Gasteiger partial charge in [0.25, 0.3) is 5.91 Å². The molecule has 0 aliphatic rings. The van der Waals surface area contributed by atoms with Gasteiger partial charge in [-0.3, -0.25) is 4.79 Å². The molecule has 0 radical (unpaired) electrons. The van der Waals surface area contributed by atoms with Gasteiger partial charge in [-0.1, -0.05) is 18.2 Å². The van der Waals surface area contributed by atoms with Gasteiger partial charge in [0.1, 0.15) is 0 Å².